The third-order valence-electron chi connectivity index (χ3n) is 3.43. The molecule has 1 aliphatic heterocycles. The lowest BCUT2D eigenvalue weighted by Gasteiger charge is -2.32. The number of thiol groups is 1. The smallest absolute Gasteiger partial charge is 0.336 e. The Bertz CT molecular complexity index is 560. The molecule has 108 valence electrons. The second-order valence-corrected chi connectivity index (χ2v) is 5.79. The zero-order valence-electron chi connectivity index (χ0n) is 11.9. The molecule has 0 unspecified atom stereocenters. The second kappa shape index (κ2) is 6.10. The molecule has 3 nitrogen and oxygen atoms in total. The van der Waals surface area contributed by atoms with Crippen LogP contribution in [0.15, 0.2) is 22.7 Å². The van der Waals surface area contributed by atoms with E-state index in [-0.39, 0.29) is 5.97 Å². The van der Waals surface area contributed by atoms with Crippen LogP contribution in [-0.4, -0.2) is 19.6 Å². The van der Waals surface area contributed by atoms with Gasteiger partial charge in [-0.2, -0.15) is 0 Å². The lowest BCUT2D eigenvalue weighted by Crippen LogP contribution is -2.29. The van der Waals surface area contributed by atoms with E-state index < -0.39 is 0 Å². The minimum Gasteiger partial charge on any atom is -0.466 e. The lowest BCUT2D eigenvalue weighted by atomic mass is 10.0. The third kappa shape index (κ3) is 2.81. The number of esters is 1. The number of methoxy groups -OCH3 is 1. The van der Waals surface area contributed by atoms with Crippen molar-refractivity contribution in [2.24, 2.45) is 0 Å². The molecule has 0 saturated carbocycles. The summed E-state index contributed by atoms with van der Waals surface area (Å²) in [6.07, 6.45) is 1.56. The molecule has 1 aromatic carbocycles. The predicted octanol–water partition coefficient (Wildman–Crippen LogP) is 3.87. The molecule has 0 spiro atoms. The van der Waals surface area contributed by atoms with Crippen molar-refractivity contribution in [3.8, 4) is 0 Å². The maximum Gasteiger partial charge on any atom is 0.336 e. The van der Waals surface area contributed by atoms with Gasteiger partial charge < -0.3 is 9.64 Å². The van der Waals surface area contributed by atoms with Gasteiger partial charge in [0, 0.05) is 6.54 Å². The van der Waals surface area contributed by atoms with Crippen LogP contribution < -0.4 is 4.90 Å². The molecule has 0 radical (unpaired) electrons. The first-order valence-corrected chi connectivity index (χ1v) is 7.33. The van der Waals surface area contributed by atoms with E-state index in [1.165, 1.54) is 7.11 Å². The van der Waals surface area contributed by atoms with Crippen molar-refractivity contribution in [2.45, 2.75) is 26.7 Å². The van der Waals surface area contributed by atoms with Gasteiger partial charge in [0.15, 0.2) is 0 Å². The fourth-order valence-corrected chi connectivity index (χ4v) is 3.41. The highest BCUT2D eigenvalue weighted by atomic mass is 35.5. The molecule has 2 rings (SSSR count). The van der Waals surface area contributed by atoms with Crippen LogP contribution in [0.3, 0.4) is 0 Å². The number of hydrogen-bond acceptors (Lipinski definition) is 4. The molecule has 0 aromatic heterocycles. The zero-order valence-corrected chi connectivity index (χ0v) is 13.5. The van der Waals surface area contributed by atoms with E-state index in [0.29, 0.717) is 22.0 Å². The first-order chi connectivity index (χ1) is 9.45. The van der Waals surface area contributed by atoms with Crippen LogP contribution in [0.5, 0.6) is 0 Å². The van der Waals surface area contributed by atoms with Gasteiger partial charge in [-0.15, -0.1) is 12.6 Å². The fraction of sp³-hybridized carbons (Fsp3) is 0.400. The van der Waals surface area contributed by atoms with Crippen molar-refractivity contribution in [3.63, 3.8) is 0 Å². The van der Waals surface area contributed by atoms with Gasteiger partial charge >= 0.3 is 5.97 Å². The summed E-state index contributed by atoms with van der Waals surface area (Å²) in [5, 5.41) is 1.32. The summed E-state index contributed by atoms with van der Waals surface area (Å²) in [5.74, 6) is -0.319. The predicted molar refractivity (Wildman–Crippen MR) is 85.5 cm³/mol. The normalized spacial score (nSPS) is 15.6. The Hall–Kier alpha value is -1.13. The zero-order chi connectivity index (χ0) is 14.9. The lowest BCUT2D eigenvalue weighted by molar-refractivity contribution is -0.136. The Morgan fingerprint density at radius 3 is 2.70 bits per heavy atom. The van der Waals surface area contributed by atoms with Crippen molar-refractivity contribution in [1.29, 1.82) is 0 Å². The third-order valence-corrected chi connectivity index (χ3v) is 4.23. The van der Waals surface area contributed by atoms with Crippen LogP contribution in [0.1, 0.15) is 24.0 Å². The maximum atomic E-state index is 11.8. The summed E-state index contributed by atoms with van der Waals surface area (Å²) in [7, 11) is 1.39. The number of anilines is 1. The van der Waals surface area contributed by atoms with Gasteiger partial charge in [-0.3, -0.25) is 0 Å². The van der Waals surface area contributed by atoms with Crippen molar-refractivity contribution in [1.82, 2.24) is 0 Å². The average molecular weight is 312 g/mol. The van der Waals surface area contributed by atoms with Gasteiger partial charge in [0.25, 0.3) is 0 Å². The standard InChI is InChI=1S/C15H18ClNO2S/c1-9-7-10(2)13(12(16)8-9)17-6-4-5-11(14(17)20)15(18)19-3/h7-8,20H,4-6H2,1-3H3. The van der Waals surface area contributed by atoms with Gasteiger partial charge in [0.1, 0.15) is 0 Å². The van der Waals surface area contributed by atoms with E-state index in [1.807, 2.05) is 24.8 Å². The Balaban J connectivity index is 2.50. The van der Waals surface area contributed by atoms with E-state index in [2.05, 4.69) is 18.7 Å². The van der Waals surface area contributed by atoms with Gasteiger partial charge in [-0.1, -0.05) is 17.7 Å². The number of aryl methyl sites for hydroxylation is 2. The molecule has 1 heterocycles. The molecule has 1 aromatic rings. The summed E-state index contributed by atoms with van der Waals surface area (Å²) >= 11 is 10.9. The Morgan fingerprint density at radius 2 is 2.10 bits per heavy atom. The molecular formula is C15H18ClNO2S. The van der Waals surface area contributed by atoms with Crippen LogP contribution in [0.25, 0.3) is 0 Å². The Labute approximate surface area is 130 Å². The van der Waals surface area contributed by atoms with Crippen molar-refractivity contribution in [2.75, 3.05) is 18.6 Å². The molecule has 0 amide bonds. The van der Waals surface area contributed by atoms with Crippen molar-refractivity contribution in [3.05, 3.63) is 38.9 Å². The Kier molecular flexibility index (Phi) is 4.66. The number of hydrogen-bond donors (Lipinski definition) is 1. The van der Waals surface area contributed by atoms with Gasteiger partial charge in [-0.05, 0) is 43.9 Å². The molecule has 1 aliphatic rings. The van der Waals surface area contributed by atoms with Crippen molar-refractivity contribution >= 4 is 35.9 Å². The van der Waals surface area contributed by atoms with Crippen LogP contribution in [-0.2, 0) is 9.53 Å². The van der Waals surface area contributed by atoms with Crippen LogP contribution >= 0.6 is 24.2 Å². The second-order valence-electron chi connectivity index (χ2n) is 4.96. The molecule has 0 saturated heterocycles. The largest absolute Gasteiger partial charge is 0.466 e. The molecule has 0 aliphatic carbocycles. The number of halogens is 1. The number of carbonyl (C=O) groups is 1. The minimum atomic E-state index is -0.319. The molecule has 0 atom stereocenters. The van der Waals surface area contributed by atoms with Crippen LogP contribution in [0.4, 0.5) is 5.69 Å². The summed E-state index contributed by atoms with van der Waals surface area (Å²) in [5.41, 5.74) is 3.72. The molecule has 0 bridgehead atoms. The Morgan fingerprint density at radius 1 is 1.40 bits per heavy atom. The average Bonchev–Trinajstić information content (AvgIpc) is 2.38. The molecular weight excluding hydrogens is 294 g/mol. The molecule has 5 heteroatoms. The highest BCUT2D eigenvalue weighted by Crippen LogP contribution is 2.37. The molecule has 20 heavy (non-hydrogen) atoms. The van der Waals surface area contributed by atoms with E-state index in [1.54, 1.807) is 0 Å². The summed E-state index contributed by atoms with van der Waals surface area (Å²) in [4.78, 5) is 13.8. The summed E-state index contributed by atoms with van der Waals surface area (Å²) < 4.78 is 4.82. The monoisotopic (exact) mass is 311 g/mol. The minimum absolute atomic E-state index is 0.319. The van der Waals surface area contributed by atoms with E-state index in [4.69, 9.17) is 16.3 Å². The van der Waals surface area contributed by atoms with Crippen LogP contribution in [0.2, 0.25) is 5.02 Å². The van der Waals surface area contributed by atoms with Crippen LogP contribution in [0, 0.1) is 13.8 Å². The summed E-state index contributed by atoms with van der Waals surface area (Å²) in [6, 6.07) is 4.01. The first kappa shape index (κ1) is 15.3. The number of rotatable bonds is 2. The number of nitrogens with zero attached hydrogens (tertiary/aromatic N) is 1. The SMILES string of the molecule is COC(=O)C1=C(S)N(c2c(C)cc(C)cc2Cl)CCC1. The first-order valence-electron chi connectivity index (χ1n) is 6.50. The number of benzene rings is 1. The number of carbonyl (C=O) groups excluding carboxylic acids is 1. The molecule has 0 N–H and O–H groups in total. The topological polar surface area (TPSA) is 29.5 Å². The highest BCUT2D eigenvalue weighted by Gasteiger charge is 2.26. The molecule has 0 fully saturated rings. The summed E-state index contributed by atoms with van der Waals surface area (Å²) in [6.45, 7) is 4.82. The van der Waals surface area contributed by atoms with Gasteiger partial charge in [0.05, 0.1) is 28.4 Å². The van der Waals surface area contributed by atoms with E-state index in [9.17, 15) is 4.79 Å². The van der Waals surface area contributed by atoms with E-state index >= 15 is 0 Å². The fourth-order valence-electron chi connectivity index (χ4n) is 2.58. The van der Waals surface area contributed by atoms with Crippen molar-refractivity contribution < 1.29 is 9.53 Å². The quantitative estimate of drug-likeness (QED) is 0.664. The maximum absolute atomic E-state index is 11.8. The van der Waals surface area contributed by atoms with Gasteiger partial charge in [-0.25, -0.2) is 4.79 Å². The van der Waals surface area contributed by atoms with Gasteiger partial charge in [0.2, 0.25) is 0 Å². The highest BCUT2D eigenvalue weighted by molar-refractivity contribution is 7.84. The number of ether oxygens (including phenoxy) is 1. The van der Waals surface area contributed by atoms with E-state index in [0.717, 1.165) is 29.8 Å².